The Balaban J connectivity index is 1.79. The van der Waals surface area contributed by atoms with Crippen LogP contribution in [0.4, 0.5) is 5.69 Å². The zero-order valence-electron chi connectivity index (χ0n) is 14.0. The topological polar surface area (TPSA) is 107 Å². The van der Waals surface area contributed by atoms with Crippen LogP contribution < -0.4 is 5.32 Å². The number of ether oxygens (including phenoxy) is 1. The fourth-order valence-electron chi connectivity index (χ4n) is 2.55. The third-order valence-electron chi connectivity index (χ3n) is 3.96. The minimum atomic E-state index is -3.03. The molecule has 0 spiro atoms. The van der Waals surface area contributed by atoms with Crippen molar-refractivity contribution >= 4 is 33.2 Å². The molecular weight excluding hydrogens is 346 g/mol. The normalized spacial score (nSPS) is 18.5. The quantitative estimate of drug-likeness (QED) is 0.579. The first-order valence-corrected chi connectivity index (χ1v) is 9.90. The molecule has 1 heterocycles. The summed E-state index contributed by atoms with van der Waals surface area (Å²) in [5, 5.41) is 2.67. The highest BCUT2D eigenvalue weighted by Gasteiger charge is 2.30. The van der Waals surface area contributed by atoms with E-state index in [0.29, 0.717) is 24.1 Å². The van der Waals surface area contributed by atoms with E-state index in [1.807, 2.05) is 0 Å². The highest BCUT2D eigenvalue weighted by atomic mass is 32.2. The van der Waals surface area contributed by atoms with Crippen molar-refractivity contribution in [1.82, 2.24) is 0 Å². The first kappa shape index (κ1) is 19.1. The summed E-state index contributed by atoms with van der Waals surface area (Å²) in [5.41, 5.74) is 0.952. The molecule has 1 N–H and O–H groups in total. The number of sulfone groups is 1. The molecule has 136 valence electrons. The lowest BCUT2D eigenvalue weighted by molar-refractivity contribution is -0.143. The molecule has 0 bridgehead atoms. The van der Waals surface area contributed by atoms with Gasteiger partial charge in [0.15, 0.2) is 22.2 Å². The maximum Gasteiger partial charge on any atom is 0.306 e. The second kappa shape index (κ2) is 8.24. The highest BCUT2D eigenvalue weighted by molar-refractivity contribution is 7.91. The molecule has 1 aromatic carbocycles. The van der Waals surface area contributed by atoms with Crippen molar-refractivity contribution in [2.24, 2.45) is 5.92 Å². The Morgan fingerprint density at radius 1 is 1.20 bits per heavy atom. The number of benzene rings is 1. The third-order valence-corrected chi connectivity index (χ3v) is 5.80. The van der Waals surface area contributed by atoms with Crippen LogP contribution in [0.5, 0.6) is 0 Å². The fourth-order valence-corrected chi connectivity index (χ4v) is 4.41. The number of Topliss-reactive ketones (excluding diaryl/α,β-unsaturated/α-hetero) is 1. The predicted octanol–water partition coefficient (Wildman–Crippen LogP) is 1.59. The van der Waals surface area contributed by atoms with Gasteiger partial charge < -0.3 is 10.1 Å². The van der Waals surface area contributed by atoms with Crippen molar-refractivity contribution in [2.75, 3.05) is 23.4 Å². The fraction of sp³-hybridized carbons (Fsp3) is 0.471. The van der Waals surface area contributed by atoms with Crippen LogP contribution in [0.1, 0.15) is 36.5 Å². The predicted molar refractivity (Wildman–Crippen MR) is 92.0 cm³/mol. The van der Waals surface area contributed by atoms with Crippen molar-refractivity contribution in [1.29, 1.82) is 0 Å². The van der Waals surface area contributed by atoms with E-state index in [0.717, 1.165) is 0 Å². The Morgan fingerprint density at radius 2 is 1.88 bits per heavy atom. The van der Waals surface area contributed by atoms with Crippen LogP contribution in [0, 0.1) is 5.92 Å². The third kappa shape index (κ3) is 5.97. The summed E-state index contributed by atoms with van der Waals surface area (Å²) in [5.74, 6) is -1.18. The summed E-state index contributed by atoms with van der Waals surface area (Å²) in [6.07, 6.45) is 0.823. The maximum absolute atomic E-state index is 12.0. The van der Waals surface area contributed by atoms with Crippen molar-refractivity contribution in [3.05, 3.63) is 29.8 Å². The lowest BCUT2D eigenvalue weighted by Gasteiger charge is -2.08. The van der Waals surface area contributed by atoms with Crippen molar-refractivity contribution in [2.45, 2.75) is 26.2 Å². The first-order valence-electron chi connectivity index (χ1n) is 8.08. The molecule has 0 saturated carbocycles. The van der Waals surface area contributed by atoms with Crippen LogP contribution in [0.2, 0.25) is 0 Å². The van der Waals surface area contributed by atoms with Gasteiger partial charge in [-0.1, -0.05) is 6.92 Å². The summed E-state index contributed by atoms with van der Waals surface area (Å²) in [6.45, 7) is 1.35. The van der Waals surface area contributed by atoms with Crippen LogP contribution >= 0.6 is 0 Å². The molecule has 7 nitrogen and oxygen atoms in total. The zero-order valence-corrected chi connectivity index (χ0v) is 14.8. The molecular formula is C17H21NO6S. The molecule has 0 aliphatic carbocycles. The van der Waals surface area contributed by atoms with E-state index in [1.165, 1.54) is 0 Å². The number of rotatable bonds is 7. The molecule has 1 aromatic rings. The van der Waals surface area contributed by atoms with E-state index in [4.69, 9.17) is 4.74 Å². The molecule has 0 unspecified atom stereocenters. The highest BCUT2D eigenvalue weighted by Crippen LogP contribution is 2.22. The van der Waals surface area contributed by atoms with Gasteiger partial charge in [0.05, 0.1) is 11.5 Å². The summed E-state index contributed by atoms with van der Waals surface area (Å²) < 4.78 is 27.7. The van der Waals surface area contributed by atoms with Crippen LogP contribution in [0.3, 0.4) is 0 Å². The number of amides is 1. The SMILES string of the molecule is CCC(=O)Nc1ccc(C(=O)COC(=O)C[C@@H]2CCS(=O)(=O)C2)cc1. The maximum atomic E-state index is 12.0. The van der Waals surface area contributed by atoms with Gasteiger partial charge in [-0.25, -0.2) is 8.42 Å². The van der Waals surface area contributed by atoms with Crippen molar-refractivity contribution in [3.8, 4) is 0 Å². The van der Waals surface area contributed by atoms with E-state index in [2.05, 4.69) is 5.32 Å². The molecule has 0 aromatic heterocycles. The zero-order chi connectivity index (χ0) is 18.4. The van der Waals surface area contributed by atoms with Crippen LogP contribution in [-0.2, 0) is 24.2 Å². The molecule has 1 amide bonds. The summed E-state index contributed by atoms with van der Waals surface area (Å²) in [7, 11) is -3.03. The van der Waals surface area contributed by atoms with Crippen molar-refractivity contribution < 1.29 is 27.5 Å². The average molecular weight is 367 g/mol. The molecule has 0 radical (unpaired) electrons. The number of ketones is 1. The minimum absolute atomic E-state index is 0.000981. The van der Waals surface area contributed by atoms with Gasteiger partial charge >= 0.3 is 5.97 Å². The van der Waals surface area contributed by atoms with Gasteiger partial charge in [0, 0.05) is 24.1 Å². The van der Waals surface area contributed by atoms with E-state index in [1.54, 1.807) is 31.2 Å². The summed E-state index contributed by atoms with van der Waals surface area (Å²) in [6, 6.07) is 6.30. The molecule has 1 atom stereocenters. The van der Waals surface area contributed by atoms with Gasteiger partial charge in [-0.2, -0.15) is 0 Å². The number of nitrogens with one attached hydrogen (secondary N) is 1. The van der Waals surface area contributed by atoms with E-state index in [9.17, 15) is 22.8 Å². The monoisotopic (exact) mass is 367 g/mol. The Bertz CT molecular complexity index is 754. The molecule has 2 rings (SSSR count). The minimum Gasteiger partial charge on any atom is -0.457 e. The second-order valence-electron chi connectivity index (χ2n) is 6.04. The number of esters is 1. The van der Waals surface area contributed by atoms with Crippen LogP contribution in [0.15, 0.2) is 24.3 Å². The molecule has 1 aliphatic heterocycles. The summed E-state index contributed by atoms with van der Waals surface area (Å²) >= 11 is 0. The number of carbonyl (C=O) groups excluding carboxylic acids is 3. The van der Waals surface area contributed by atoms with Crippen molar-refractivity contribution in [3.63, 3.8) is 0 Å². The van der Waals surface area contributed by atoms with E-state index in [-0.39, 0.29) is 42.1 Å². The average Bonchev–Trinajstić information content (AvgIpc) is 2.91. The Kier molecular flexibility index (Phi) is 6.30. The van der Waals surface area contributed by atoms with Gasteiger partial charge in [0.2, 0.25) is 5.91 Å². The molecule has 25 heavy (non-hydrogen) atoms. The number of anilines is 1. The smallest absolute Gasteiger partial charge is 0.306 e. The Labute approximate surface area is 146 Å². The first-order chi connectivity index (χ1) is 11.8. The van der Waals surface area contributed by atoms with E-state index < -0.39 is 15.8 Å². The lowest BCUT2D eigenvalue weighted by atomic mass is 10.1. The van der Waals surface area contributed by atoms with Gasteiger partial charge in [-0.3, -0.25) is 14.4 Å². The number of hydrogen-bond donors (Lipinski definition) is 1. The summed E-state index contributed by atoms with van der Waals surface area (Å²) in [4.78, 5) is 35.0. The van der Waals surface area contributed by atoms with Gasteiger partial charge in [-0.05, 0) is 36.6 Å². The Hall–Kier alpha value is -2.22. The van der Waals surface area contributed by atoms with Gasteiger partial charge in [-0.15, -0.1) is 0 Å². The van der Waals surface area contributed by atoms with E-state index >= 15 is 0 Å². The Morgan fingerprint density at radius 3 is 2.44 bits per heavy atom. The molecule has 8 heteroatoms. The number of carbonyl (C=O) groups is 3. The van der Waals surface area contributed by atoms with Gasteiger partial charge in [0.1, 0.15) is 0 Å². The van der Waals surface area contributed by atoms with Gasteiger partial charge in [0.25, 0.3) is 0 Å². The standard InChI is InChI=1S/C17H21NO6S/c1-2-16(20)18-14-5-3-13(4-6-14)15(19)10-24-17(21)9-12-7-8-25(22,23)11-12/h3-6,12H,2,7-11H2,1H3,(H,18,20)/t12-/m0/s1. The van der Waals surface area contributed by atoms with Crippen LogP contribution in [-0.4, -0.2) is 44.2 Å². The lowest BCUT2D eigenvalue weighted by Crippen LogP contribution is -2.17. The molecule has 1 fully saturated rings. The molecule has 1 aliphatic rings. The molecule has 1 saturated heterocycles. The van der Waals surface area contributed by atoms with Crippen LogP contribution in [0.25, 0.3) is 0 Å². The second-order valence-corrected chi connectivity index (χ2v) is 8.26. The largest absolute Gasteiger partial charge is 0.457 e. The number of hydrogen-bond acceptors (Lipinski definition) is 6.